The Morgan fingerprint density at radius 2 is 1.57 bits per heavy atom. The first-order valence-corrected chi connectivity index (χ1v) is 11.4. The molecule has 3 unspecified atom stereocenters. The smallest absolute Gasteiger partial charge is 0.326 e. The number of carboxylic acid groups (broad SMARTS) is 1. The summed E-state index contributed by atoms with van der Waals surface area (Å²) in [6.07, 6.45) is 0.127. The number of aliphatic imine (C=N–C) groups is 1. The largest absolute Gasteiger partial charge is 0.508 e. The quantitative estimate of drug-likeness (QED) is 0.0593. The van der Waals surface area contributed by atoms with Gasteiger partial charge in [0, 0.05) is 19.4 Å². The standard InChI is InChI=1S/C22H34N8O7/c23-14(2-1-9-27-22(25)26)19(34)28-11-18(33)29-16(10-12-3-5-13(31)6-4-12)20(35)30-15(21(36)37)7-8-17(24)32/h3-6,14-16,31H,1-2,7-11,23H2,(H2,24,32)(H,28,34)(H,29,33)(H,30,35)(H,36,37)(H4,25,26,27). The summed E-state index contributed by atoms with van der Waals surface area (Å²) < 4.78 is 0. The molecule has 0 aliphatic heterocycles. The van der Waals surface area contributed by atoms with E-state index >= 15 is 0 Å². The fourth-order valence-electron chi connectivity index (χ4n) is 3.09. The lowest BCUT2D eigenvalue weighted by molar-refractivity contribution is -0.142. The number of hydrogen-bond donors (Lipinski definition) is 9. The molecule has 4 amide bonds. The van der Waals surface area contributed by atoms with Crippen LogP contribution in [0.3, 0.4) is 0 Å². The Kier molecular flexibility index (Phi) is 12.9. The second-order valence-electron chi connectivity index (χ2n) is 8.17. The second kappa shape index (κ2) is 15.6. The van der Waals surface area contributed by atoms with Gasteiger partial charge in [-0.1, -0.05) is 12.1 Å². The molecule has 15 nitrogen and oxygen atoms in total. The summed E-state index contributed by atoms with van der Waals surface area (Å²) in [5, 5.41) is 25.9. The summed E-state index contributed by atoms with van der Waals surface area (Å²) >= 11 is 0. The lowest BCUT2D eigenvalue weighted by Crippen LogP contribution is -2.54. The molecule has 0 aromatic heterocycles. The number of carbonyl (C=O) groups is 5. The molecule has 0 spiro atoms. The SMILES string of the molecule is NC(=O)CCC(NC(=O)C(Cc1ccc(O)cc1)NC(=O)CNC(=O)C(N)CCCN=C(N)N)C(=O)O. The van der Waals surface area contributed by atoms with Gasteiger partial charge in [-0.05, 0) is 37.0 Å². The van der Waals surface area contributed by atoms with Crippen LogP contribution in [0.1, 0.15) is 31.2 Å². The molecular weight excluding hydrogens is 488 g/mol. The number of phenolic OH excluding ortho intramolecular Hbond substituents is 1. The van der Waals surface area contributed by atoms with Crippen molar-refractivity contribution in [1.29, 1.82) is 0 Å². The average molecular weight is 523 g/mol. The van der Waals surface area contributed by atoms with E-state index in [1.807, 2.05) is 0 Å². The van der Waals surface area contributed by atoms with Crippen LogP contribution in [-0.2, 0) is 30.4 Å². The minimum absolute atomic E-state index is 0.0106. The van der Waals surface area contributed by atoms with Gasteiger partial charge in [-0.15, -0.1) is 0 Å². The highest BCUT2D eigenvalue weighted by Gasteiger charge is 2.27. The van der Waals surface area contributed by atoms with Crippen LogP contribution in [0.4, 0.5) is 0 Å². The minimum Gasteiger partial charge on any atom is -0.508 e. The number of amides is 4. The van der Waals surface area contributed by atoms with Gasteiger partial charge in [-0.25, -0.2) is 4.79 Å². The summed E-state index contributed by atoms with van der Waals surface area (Å²) in [5.74, 6) is -4.38. The predicted octanol–water partition coefficient (Wildman–Crippen LogP) is -3.25. The van der Waals surface area contributed by atoms with Crippen LogP contribution in [0.2, 0.25) is 0 Å². The summed E-state index contributed by atoms with van der Waals surface area (Å²) in [5.41, 5.74) is 21.8. The maximum absolute atomic E-state index is 12.9. The normalized spacial score (nSPS) is 12.9. The second-order valence-corrected chi connectivity index (χ2v) is 8.17. The zero-order valence-electron chi connectivity index (χ0n) is 20.2. The van der Waals surface area contributed by atoms with Gasteiger partial charge < -0.3 is 49.1 Å². The van der Waals surface area contributed by atoms with E-state index in [1.165, 1.54) is 24.3 Å². The number of rotatable bonds is 16. The number of guanidine groups is 1. The van der Waals surface area contributed by atoms with Crippen LogP contribution < -0.4 is 38.9 Å². The zero-order valence-corrected chi connectivity index (χ0v) is 20.2. The van der Waals surface area contributed by atoms with Crippen molar-refractivity contribution in [3.05, 3.63) is 29.8 Å². The van der Waals surface area contributed by atoms with Gasteiger partial charge in [-0.2, -0.15) is 0 Å². The number of aromatic hydroxyl groups is 1. The Morgan fingerprint density at radius 3 is 2.14 bits per heavy atom. The van der Waals surface area contributed by atoms with Crippen molar-refractivity contribution in [3.8, 4) is 5.75 Å². The predicted molar refractivity (Wildman–Crippen MR) is 133 cm³/mol. The number of aliphatic carboxylic acids is 1. The lowest BCUT2D eigenvalue weighted by atomic mass is 10.0. The van der Waals surface area contributed by atoms with Crippen molar-refractivity contribution in [2.24, 2.45) is 27.9 Å². The van der Waals surface area contributed by atoms with Crippen LogP contribution in [-0.4, -0.2) is 77.0 Å². The van der Waals surface area contributed by atoms with Crippen LogP contribution in [0.25, 0.3) is 0 Å². The summed E-state index contributed by atoms with van der Waals surface area (Å²) in [7, 11) is 0. The van der Waals surface area contributed by atoms with Gasteiger partial charge in [0.1, 0.15) is 17.8 Å². The van der Waals surface area contributed by atoms with E-state index in [2.05, 4.69) is 20.9 Å². The number of phenols is 1. The first kappa shape index (κ1) is 30.6. The Labute approximate surface area is 213 Å². The molecule has 1 aromatic carbocycles. The summed E-state index contributed by atoms with van der Waals surface area (Å²) in [4.78, 5) is 63.8. The Balaban J connectivity index is 2.80. The van der Waals surface area contributed by atoms with Gasteiger partial charge in [0.05, 0.1) is 12.6 Å². The molecule has 204 valence electrons. The molecule has 0 bridgehead atoms. The monoisotopic (exact) mass is 522 g/mol. The summed E-state index contributed by atoms with van der Waals surface area (Å²) in [6.45, 7) is -0.210. The number of benzene rings is 1. The number of hydrogen-bond acceptors (Lipinski definition) is 8. The van der Waals surface area contributed by atoms with Crippen LogP contribution in [0.15, 0.2) is 29.3 Å². The van der Waals surface area contributed by atoms with Crippen molar-refractivity contribution in [2.75, 3.05) is 13.1 Å². The molecule has 0 saturated carbocycles. The van der Waals surface area contributed by atoms with Gasteiger partial charge >= 0.3 is 5.97 Å². The van der Waals surface area contributed by atoms with E-state index < -0.39 is 54.3 Å². The van der Waals surface area contributed by atoms with Crippen molar-refractivity contribution in [2.45, 2.75) is 50.2 Å². The molecule has 0 aliphatic rings. The third kappa shape index (κ3) is 12.7. The van der Waals surface area contributed by atoms with Crippen molar-refractivity contribution < 1.29 is 34.2 Å². The van der Waals surface area contributed by atoms with Gasteiger partial charge in [-0.3, -0.25) is 24.2 Å². The maximum atomic E-state index is 12.9. The van der Waals surface area contributed by atoms with E-state index in [0.717, 1.165) is 0 Å². The maximum Gasteiger partial charge on any atom is 0.326 e. The average Bonchev–Trinajstić information content (AvgIpc) is 2.83. The molecular formula is C22H34N8O7. The molecule has 0 heterocycles. The Morgan fingerprint density at radius 1 is 0.919 bits per heavy atom. The number of nitrogens with two attached hydrogens (primary N) is 4. The van der Waals surface area contributed by atoms with Gasteiger partial charge in [0.15, 0.2) is 5.96 Å². The van der Waals surface area contributed by atoms with E-state index in [4.69, 9.17) is 22.9 Å². The number of nitrogens with zero attached hydrogens (tertiary/aromatic N) is 1. The molecule has 37 heavy (non-hydrogen) atoms. The number of nitrogens with one attached hydrogen (secondary N) is 3. The zero-order chi connectivity index (χ0) is 28.0. The van der Waals surface area contributed by atoms with Crippen LogP contribution >= 0.6 is 0 Å². The molecule has 3 atom stereocenters. The van der Waals surface area contributed by atoms with Crippen molar-refractivity contribution in [1.82, 2.24) is 16.0 Å². The topological polar surface area (TPSA) is 278 Å². The van der Waals surface area contributed by atoms with E-state index in [0.29, 0.717) is 12.0 Å². The highest BCUT2D eigenvalue weighted by Crippen LogP contribution is 2.12. The third-order valence-electron chi connectivity index (χ3n) is 5.05. The van der Waals surface area contributed by atoms with E-state index in [9.17, 15) is 34.2 Å². The number of primary amides is 1. The van der Waals surface area contributed by atoms with Crippen molar-refractivity contribution in [3.63, 3.8) is 0 Å². The fourth-order valence-corrected chi connectivity index (χ4v) is 3.09. The molecule has 1 aromatic rings. The molecule has 0 aliphatic carbocycles. The third-order valence-corrected chi connectivity index (χ3v) is 5.05. The molecule has 0 fully saturated rings. The Hall–Kier alpha value is -4.40. The first-order chi connectivity index (χ1) is 17.4. The fraction of sp³-hybridized carbons (Fsp3) is 0.455. The highest BCUT2D eigenvalue weighted by atomic mass is 16.4. The molecule has 13 N–H and O–H groups in total. The van der Waals surface area contributed by atoms with Crippen molar-refractivity contribution >= 4 is 35.6 Å². The molecule has 15 heteroatoms. The van der Waals surface area contributed by atoms with Crippen LogP contribution in [0.5, 0.6) is 5.75 Å². The first-order valence-electron chi connectivity index (χ1n) is 11.4. The lowest BCUT2D eigenvalue weighted by Gasteiger charge is -2.22. The molecule has 0 radical (unpaired) electrons. The number of carboxylic acids is 1. The number of carbonyl (C=O) groups excluding carboxylic acids is 4. The van der Waals surface area contributed by atoms with Gasteiger partial charge in [0.2, 0.25) is 23.6 Å². The molecule has 0 saturated heterocycles. The molecule has 1 rings (SSSR count). The minimum atomic E-state index is -1.42. The summed E-state index contributed by atoms with van der Waals surface area (Å²) in [6, 6.07) is 2.23. The highest BCUT2D eigenvalue weighted by molar-refractivity contribution is 5.92. The van der Waals surface area contributed by atoms with E-state index in [1.54, 1.807) is 0 Å². The Bertz CT molecular complexity index is 980. The van der Waals surface area contributed by atoms with E-state index in [-0.39, 0.29) is 43.9 Å². The van der Waals surface area contributed by atoms with Crippen LogP contribution in [0, 0.1) is 0 Å². The van der Waals surface area contributed by atoms with Gasteiger partial charge in [0.25, 0.3) is 0 Å².